The lowest BCUT2D eigenvalue weighted by Gasteiger charge is -2.33. The number of aliphatic imine (C=N–C) groups is 1. The highest BCUT2D eigenvalue weighted by atomic mass is 16.5. The molecule has 1 aromatic rings. The molecule has 1 saturated heterocycles. The van der Waals surface area contributed by atoms with E-state index in [1.165, 1.54) is 0 Å². The lowest BCUT2D eigenvalue weighted by molar-refractivity contribution is 0.0532. The van der Waals surface area contributed by atoms with Gasteiger partial charge in [-0.15, -0.1) is 0 Å². The molecule has 0 bridgehead atoms. The summed E-state index contributed by atoms with van der Waals surface area (Å²) >= 11 is 0. The lowest BCUT2D eigenvalue weighted by Crippen LogP contribution is -2.49. The Hall–Kier alpha value is -1.57. The Bertz CT molecular complexity index is 511. The molecule has 0 unspecified atom stereocenters. The van der Waals surface area contributed by atoms with E-state index in [0.29, 0.717) is 25.3 Å². The number of piperidine rings is 1. The van der Waals surface area contributed by atoms with E-state index in [1.54, 1.807) is 13.4 Å². The van der Waals surface area contributed by atoms with E-state index in [4.69, 9.17) is 13.9 Å². The molecule has 0 aromatic carbocycles. The fourth-order valence-electron chi connectivity index (χ4n) is 3.07. The Balaban J connectivity index is 1.71. The highest BCUT2D eigenvalue weighted by Crippen LogP contribution is 2.10. The van der Waals surface area contributed by atoms with E-state index in [0.717, 1.165) is 63.8 Å². The fraction of sp³-hybridized carbons (Fsp3) is 0.750. The van der Waals surface area contributed by atoms with Crippen LogP contribution in [0, 0.1) is 0 Å². The minimum atomic E-state index is 0.308. The summed E-state index contributed by atoms with van der Waals surface area (Å²) in [6.07, 6.45) is 5.09. The summed E-state index contributed by atoms with van der Waals surface area (Å²) in [5.74, 6) is 1.84. The molecule has 0 atom stereocenters. The summed E-state index contributed by atoms with van der Waals surface area (Å²) in [6.45, 7) is 10.2. The summed E-state index contributed by atoms with van der Waals surface area (Å²) in [4.78, 5) is 7.10. The van der Waals surface area contributed by atoms with Crippen LogP contribution in [0.2, 0.25) is 0 Å². The maximum Gasteiger partial charge on any atom is 0.191 e. The van der Waals surface area contributed by atoms with Crippen molar-refractivity contribution in [2.75, 3.05) is 53.0 Å². The molecule has 27 heavy (non-hydrogen) atoms. The first-order valence-electron chi connectivity index (χ1n) is 10.1. The number of hydrogen-bond acceptors (Lipinski definition) is 5. The smallest absolute Gasteiger partial charge is 0.191 e. The van der Waals surface area contributed by atoms with Gasteiger partial charge in [0, 0.05) is 45.8 Å². The number of guanidine groups is 1. The summed E-state index contributed by atoms with van der Waals surface area (Å²) in [5.41, 5.74) is 0. The van der Waals surface area contributed by atoms with Crippen LogP contribution in [0.15, 0.2) is 27.8 Å². The van der Waals surface area contributed by atoms with Crippen LogP contribution in [-0.2, 0) is 15.9 Å². The van der Waals surface area contributed by atoms with E-state index in [-0.39, 0.29) is 0 Å². The van der Waals surface area contributed by atoms with Crippen molar-refractivity contribution in [1.82, 2.24) is 15.5 Å². The molecular weight excluding hydrogens is 344 g/mol. The summed E-state index contributed by atoms with van der Waals surface area (Å²) < 4.78 is 16.2. The van der Waals surface area contributed by atoms with Gasteiger partial charge < -0.3 is 29.4 Å². The molecule has 7 heteroatoms. The van der Waals surface area contributed by atoms with Crippen molar-refractivity contribution in [3.63, 3.8) is 0 Å². The predicted molar refractivity (Wildman–Crippen MR) is 108 cm³/mol. The normalized spacial score (nSPS) is 16.8. The zero-order valence-corrected chi connectivity index (χ0v) is 17.1. The van der Waals surface area contributed by atoms with Gasteiger partial charge in [-0.1, -0.05) is 0 Å². The molecule has 2 N–H and O–H groups in total. The second-order valence-electron chi connectivity index (χ2n) is 7.16. The van der Waals surface area contributed by atoms with Crippen LogP contribution in [0.4, 0.5) is 0 Å². The van der Waals surface area contributed by atoms with Crippen molar-refractivity contribution in [1.29, 1.82) is 0 Å². The standard InChI is InChI=1S/C20H36N4O3/c1-17(2)26-16-13-24-11-7-18(8-12-24)23-20(22-10-15-25-3)21-9-6-19-5-4-14-27-19/h4-5,14,17-18H,6-13,15-16H2,1-3H3,(H2,21,22,23). The maximum absolute atomic E-state index is 5.66. The molecule has 0 spiro atoms. The molecule has 0 radical (unpaired) electrons. The number of methoxy groups -OCH3 is 1. The average molecular weight is 381 g/mol. The third-order valence-corrected chi connectivity index (χ3v) is 4.60. The largest absolute Gasteiger partial charge is 0.469 e. The second kappa shape index (κ2) is 12.8. The van der Waals surface area contributed by atoms with Crippen molar-refractivity contribution in [3.05, 3.63) is 24.2 Å². The molecule has 0 aliphatic carbocycles. The molecule has 1 fully saturated rings. The van der Waals surface area contributed by atoms with Crippen molar-refractivity contribution in [2.24, 2.45) is 4.99 Å². The molecule has 154 valence electrons. The zero-order valence-electron chi connectivity index (χ0n) is 17.1. The Labute approximate surface area is 163 Å². The molecule has 1 aliphatic heterocycles. The topological polar surface area (TPSA) is 71.3 Å². The molecular formula is C20H36N4O3. The fourth-order valence-corrected chi connectivity index (χ4v) is 3.07. The van der Waals surface area contributed by atoms with Crippen molar-refractivity contribution < 1.29 is 13.9 Å². The molecule has 0 amide bonds. The molecule has 0 saturated carbocycles. The quantitative estimate of drug-likeness (QED) is 0.347. The third kappa shape index (κ3) is 9.26. The molecule has 7 nitrogen and oxygen atoms in total. The van der Waals surface area contributed by atoms with Crippen LogP contribution in [0.25, 0.3) is 0 Å². The molecule has 1 aliphatic rings. The SMILES string of the molecule is COCCN=C(NCCc1ccco1)NC1CCN(CCOC(C)C)CC1. The van der Waals surface area contributed by atoms with Gasteiger partial charge in [-0.25, -0.2) is 0 Å². The van der Waals surface area contributed by atoms with E-state index in [1.807, 2.05) is 12.1 Å². The van der Waals surface area contributed by atoms with Crippen LogP contribution >= 0.6 is 0 Å². The Kier molecular flexibility index (Phi) is 10.3. The number of hydrogen-bond donors (Lipinski definition) is 2. The number of ether oxygens (including phenoxy) is 2. The number of rotatable bonds is 11. The first-order chi connectivity index (χ1) is 13.2. The monoisotopic (exact) mass is 380 g/mol. The number of nitrogens with one attached hydrogen (secondary N) is 2. The third-order valence-electron chi connectivity index (χ3n) is 4.60. The summed E-state index contributed by atoms with van der Waals surface area (Å²) in [7, 11) is 1.70. The zero-order chi connectivity index (χ0) is 19.3. The van der Waals surface area contributed by atoms with Crippen molar-refractivity contribution in [2.45, 2.75) is 45.3 Å². The molecule has 2 heterocycles. The average Bonchev–Trinajstić information content (AvgIpc) is 3.16. The number of nitrogens with zero attached hydrogens (tertiary/aromatic N) is 2. The van der Waals surface area contributed by atoms with Crippen LogP contribution in [0.1, 0.15) is 32.4 Å². The predicted octanol–water partition coefficient (Wildman–Crippen LogP) is 1.89. The van der Waals surface area contributed by atoms with Gasteiger partial charge in [0.15, 0.2) is 5.96 Å². The molecule has 1 aromatic heterocycles. The number of likely N-dealkylation sites (tertiary alicyclic amines) is 1. The van der Waals surface area contributed by atoms with E-state index in [9.17, 15) is 0 Å². The van der Waals surface area contributed by atoms with Crippen LogP contribution in [0.5, 0.6) is 0 Å². The highest BCUT2D eigenvalue weighted by Gasteiger charge is 2.19. The van der Waals surface area contributed by atoms with Gasteiger partial charge in [0.1, 0.15) is 5.76 Å². The number of furan rings is 1. The lowest BCUT2D eigenvalue weighted by atomic mass is 10.1. The van der Waals surface area contributed by atoms with E-state index < -0.39 is 0 Å². The van der Waals surface area contributed by atoms with E-state index >= 15 is 0 Å². The van der Waals surface area contributed by atoms with Crippen LogP contribution in [-0.4, -0.2) is 76.1 Å². The Morgan fingerprint density at radius 1 is 1.33 bits per heavy atom. The minimum absolute atomic E-state index is 0.308. The van der Waals surface area contributed by atoms with Crippen molar-refractivity contribution in [3.8, 4) is 0 Å². The van der Waals surface area contributed by atoms with Gasteiger partial charge in [-0.3, -0.25) is 4.99 Å². The first-order valence-corrected chi connectivity index (χ1v) is 10.1. The van der Waals surface area contributed by atoms with E-state index in [2.05, 4.69) is 34.4 Å². The van der Waals surface area contributed by atoms with Crippen molar-refractivity contribution >= 4 is 5.96 Å². The van der Waals surface area contributed by atoms with Gasteiger partial charge in [-0.2, -0.15) is 0 Å². The van der Waals surface area contributed by atoms with Gasteiger partial charge in [0.2, 0.25) is 0 Å². The maximum atomic E-state index is 5.66. The second-order valence-corrected chi connectivity index (χ2v) is 7.16. The summed E-state index contributed by atoms with van der Waals surface area (Å²) in [5, 5.41) is 7.00. The summed E-state index contributed by atoms with van der Waals surface area (Å²) in [6, 6.07) is 4.36. The van der Waals surface area contributed by atoms with Crippen LogP contribution in [0.3, 0.4) is 0 Å². The molecule has 2 rings (SSSR count). The van der Waals surface area contributed by atoms with Gasteiger partial charge in [0.25, 0.3) is 0 Å². The minimum Gasteiger partial charge on any atom is -0.469 e. The van der Waals surface area contributed by atoms with Crippen LogP contribution < -0.4 is 10.6 Å². The highest BCUT2D eigenvalue weighted by molar-refractivity contribution is 5.80. The first kappa shape index (κ1) is 21.7. The van der Waals surface area contributed by atoms with Gasteiger partial charge >= 0.3 is 0 Å². The van der Waals surface area contributed by atoms with Gasteiger partial charge in [-0.05, 0) is 38.8 Å². The Morgan fingerprint density at radius 3 is 2.81 bits per heavy atom. The Morgan fingerprint density at radius 2 is 2.15 bits per heavy atom. The van der Waals surface area contributed by atoms with Gasteiger partial charge in [0.05, 0.1) is 32.1 Å².